The molecule has 4 aromatic rings. The van der Waals surface area contributed by atoms with Crippen LogP contribution in [0.15, 0.2) is 67.0 Å². The minimum Gasteiger partial charge on any atom is -0.293 e. The van der Waals surface area contributed by atoms with Crippen molar-refractivity contribution in [3.8, 4) is 22.3 Å². The predicted molar refractivity (Wildman–Crippen MR) is 113 cm³/mol. The Morgan fingerprint density at radius 2 is 1.75 bits per heavy atom. The summed E-state index contributed by atoms with van der Waals surface area (Å²) in [5, 5.41) is 3.92. The SMILES string of the molecule is Cc1ccc(-c2cccnc2)cc1-c1ccc(CC(=O)c2snnc2C)cc1. The molecule has 0 aliphatic heterocycles. The van der Waals surface area contributed by atoms with Crippen molar-refractivity contribution in [1.82, 2.24) is 14.6 Å². The second-order valence-electron chi connectivity index (χ2n) is 6.76. The summed E-state index contributed by atoms with van der Waals surface area (Å²) in [4.78, 5) is 17.3. The van der Waals surface area contributed by atoms with Crippen LogP contribution in [0.25, 0.3) is 22.3 Å². The van der Waals surface area contributed by atoms with E-state index in [0.29, 0.717) is 17.0 Å². The van der Waals surface area contributed by atoms with Crippen LogP contribution in [0.4, 0.5) is 0 Å². The summed E-state index contributed by atoms with van der Waals surface area (Å²) < 4.78 is 3.85. The third kappa shape index (κ3) is 3.75. The smallest absolute Gasteiger partial charge is 0.180 e. The van der Waals surface area contributed by atoms with Crippen molar-refractivity contribution in [1.29, 1.82) is 0 Å². The lowest BCUT2D eigenvalue weighted by Crippen LogP contribution is -2.03. The lowest BCUT2D eigenvalue weighted by atomic mass is 9.94. The Balaban J connectivity index is 1.59. The maximum atomic E-state index is 12.4. The van der Waals surface area contributed by atoms with Crippen molar-refractivity contribution >= 4 is 17.3 Å². The second-order valence-corrected chi connectivity index (χ2v) is 7.51. The molecule has 2 aromatic carbocycles. The molecule has 0 spiro atoms. The van der Waals surface area contributed by atoms with Crippen molar-refractivity contribution in [3.05, 3.63) is 88.7 Å². The number of benzene rings is 2. The molecule has 4 rings (SSSR count). The monoisotopic (exact) mass is 385 g/mol. The lowest BCUT2D eigenvalue weighted by Gasteiger charge is -2.10. The number of carbonyl (C=O) groups is 1. The zero-order valence-corrected chi connectivity index (χ0v) is 16.5. The molecule has 2 aromatic heterocycles. The fourth-order valence-electron chi connectivity index (χ4n) is 3.20. The van der Waals surface area contributed by atoms with Crippen LogP contribution in [0.2, 0.25) is 0 Å². The topological polar surface area (TPSA) is 55.7 Å². The molecule has 0 atom stereocenters. The van der Waals surface area contributed by atoms with Gasteiger partial charge in [-0.2, -0.15) is 0 Å². The quantitative estimate of drug-likeness (QED) is 0.437. The van der Waals surface area contributed by atoms with Gasteiger partial charge in [-0.15, -0.1) is 5.10 Å². The number of carbonyl (C=O) groups excluding carboxylic acids is 1. The maximum absolute atomic E-state index is 12.4. The zero-order valence-electron chi connectivity index (χ0n) is 15.7. The van der Waals surface area contributed by atoms with E-state index in [2.05, 4.69) is 57.9 Å². The van der Waals surface area contributed by atoms with Crippen LogP contribution in [-0.4, -0.2) is 20.4 Å². The highest BCUT2D eigenvalue weighted by atomic mass is 32.1. The number of Topliss-reactive ketones (excluding diaryl/α,β-unsaturated/α-hetero) is 1. The molecule has 2 heterocycles. The van der Waals surface area contributed by atoms with Crippen molar-refractivity contribution in [2.45, 2.75) is 20.3 Å². The fraction of sp³-hybridized carbons (Fsp3) is 0.130. The van der Waals surface area contributed by atoms with E-state index in [1.165, 1.54) is 11.1 Å². The number of ketones is 1. The summed E-state index contributed by atoms with van der Waals surface area (Å²) in [6.45, 7) is 3.93. The molecule has 0 N–H and O–H groups in total. The van der Waals surface area contributed by atoms with Crippen LogP contribution in [0.1, 0.15) is 26.5 Å². The highest BCUT2D eigenvalue weighted by molar-refractivity contribution is 7.08. The predicted octanol–water partition coefficient (Wildman–Crippen LogP) is 5.31. The lowest BCUT2D eigenvalue weighted by molar-refractivity contribution is 0.0996. The normalized spacial score (nSPS) is 10.8. The molecule has 0 aliphatic carbocycles. The summed E-state index contributed by atoms with van der Waals surface area (Å²) in [7, 11) is 0. The molecule has 0 amide bonds. The van der Waals surface area contributed by atoms with Gasteiger partial charge in [0.05, 0.1) is 5.69 Å². The zero-order chi connectivity index (χ0) is 19.5. The molecule has 28 heavy (non-hydrogen) atoms. The maximum Gasteiger partial charge on any atom is 0.180 e. The minimum atomic E-state index is 0.0648. The van der Waals surface area contributed by atoms with Crippen LogP contribution >= 0.6 is 11.5 Å². The molecule has 0 aliphatic rings. The van der Waals surface area contributed by atoms with Crippen LogP contribution in [0.5, 0.6) is 0 Å². The Morgan fingerprint density at radius 1 is 0.964 bits per heavy atom. The number of hydrogen-bond acceptors (Lipinski definition) is 5. The number of hydrogen-bond donors (Lipinski definition) is 0. The molecule has 0 saturated heterocycles. The molecule has 0 saturated carbocycles. The summed E-state index contributed by atoms with van der Waals surface area (Å²) >= 11 is 1.16. The summed E-state index contributed by atoms with van der Waals surface area (Å²) in [6.07, 6.45) is 4.02. The Hall–Kier alpha value is -3.18. The molecule has 0 fully saturated rings. The van der Waals surface area contributed by atoms with E-state index in [0.717, 1.165) is 33.8 Å². The fourth-order valence-corrected chi connectivity index (χ4v) is 3.79. The third-order valence-electron chi connectivity index (χ3n) is 4.77. The van der Waals surface area contributed by atoms with Gasteiger partial charge in [0.25, 0.3) is 0 Å². The van der Waals surface area contributed by atoms with E-state index in [9.17, 15) is 4.79 Å². The van der Waals surface area contributed by atoms with Gasteiger partial charge in [0.1, 0.15) is 4.88 Å². The van der Waals surface area contributed by atoms with Gasteiger partial charge in [-0.3, -0.25) is 9.78 Å². The van der Waals surface area contributed by atoms with E-state index in [1.807, 2.05) is 31.3 Å². The van der Waals surface area contributed by atoms with Gasteiger partial charge in [-0.25, -0.2) is 0 Å². The average molecular weight is 385 g/mol. The highest BCUT2D eigenvalue weighted by Gasteiger charge is 2.14. The van der Waals surface area contributed by atoms with Crippen LogP contribution in [0, 0.1) is 13.8 Å². The Kier molecular flexibility index (Phi) is 5.08. The van der Waals surface area contributed by atoms with Crippen molar-refractivity contribution in [2.75, 3.05) is 0 Å². The van der Waals surface area contributed by atoms with E-state index in [-0.39, 0.29) is 5.78 Å². The van der Waals surface area contributed by atoms with Gasteiger partial charge in [-0.1, -0.05) is 47.0 Å². The average Bonchev–Trinajstić information content (AvgIpc) is 3.16. The Labute approximate surface area is 168 Å². The Morgan fingerprint density at radius 3 is 2.43 bits per heavy atom. The van der Waals surface area contributed by atoms with Crippen LogP contribution in [-0.2, 0) is 6.42 Å². The molecule has 4 nitrogen and oxygen atoms in total. The number of nitrogens with zero attached hydrogens (tertiary/aromatic N) is 3. The minimum absolute atomic E-state index is 0.0648. The first-order valence-corrected chi connectivity index (χ1v) is 9.81. The van der Waals surface area contributed by atoms with Gasteiger partial charge in [0.2, 0.25) is 0 Å². The van der Waals surface area contributed by atoms with Crippen molar-refractivity contribution in [2.24, 2.45) is 0 Å². The summed E-state index contributed by atoms with van der Waals surface area (Å²) in [6, 6.07) is 18.7. The molecular weight excluding hydrogens is 366 g/mol. The van der Waals surface area contributed by atoms with Gasteiger partial charge < -0.3 is 0 Å². The number of aryl methyl sites for hydroxylation is 2. The van der Waals surface area contributed by atoms with E-state index in [4.69, 9.17) is 0 Å². The first kappa shape index (κ1) is 18.2. The number of rotatable bonds is 5. The molecular formula is C23H19N3OS. The van der Waals surface area contributed by atoms with Crippen molar-refractivity contribution in [3.63, 3.8) is 0 Å². The summed E-state index contributed by atoms with van der Waals surface area (Å²) in [5.74, 6) is 0.0648. The van der Waals surface area contributed by atoms with E-state index in [1.54, 1.807) is 6.20 Å². The first-order valence-electron chi connectivity index (χ1n) is 9.04. The molecule has 0 unspecified atom stereocenters. The molecule has 138 valence electrons. The van der Waals surface area contributed by atoms with Crippen LogP contribution in [0.3, 0.4) is 0 Å². The van der Waals surface area contributed by atoms with E-state index >= 15 is 0 Å². The summed E-state index contributed by atoms with van der Waals surface area (Å²) in [5.41, 5.74) is 7.46. The van der Waals surface area contributed by atoms with E-state index < -0.39 is 0 Å². The Bertz CT molecular complexity index is 1120. The van der Waals surface area contributed by atoms with Gasteiger partial charge in [-0.05, 0) is 65.3 Å². The van der Waals surface area contributed by atoms with Gasteiger partial charge in [0, 0.05) is 24.4 Å². The third-order valence-corrected chi connectivity index (χ3v) is 5.64. The number of aromatic nitrogens is 3. The largest absolute Gasteiger partial charge is 0.293 e. The standard InChI is InChI=1S/C23H19N3OS/c1-15-5-8-19(20-4-3-11-24-14-20)13-21(15)18-9-6-17(7-10-18)12-22(27)23-16(2)25-26-28-23/h3-11,13-14H,12H2,1-2H3. The van der Waals surface area contributed by atoms with Crippen molar-refractivity contribution < 1.29 is 4.79 Å². The molecule has 0 bridgehead atoms. The molecule has 0 radical (unpaired) electrons. The van der Waals surface area contributed by atoms with Gasteiger partial charge in [0.15, 0.2) is 5.78 Å². The highest BCUT2D eigenvalue weighted by Crippen LogP contribution is 2.29. The molecule has 5 heteroatoms. The first-order chi connectivity index (χ1) is 13.6. The van der Waals surface area contributed by atoms with Crippen LogP contribution < -0.4 is 0 Å². The second kappa shape index (κ2) is 7.82. The number of pyridine rings is 1. The van der Waals surface area contributed by atoms with Gasteiger partial charge >= 0.3 is 0 Å².